The van der Waals surface area contributed by atoms with Crippen molar-refractivity contribution in [3.63, 3.8) is 0 Å². The van der Waals surface area contributed by atoms with Crippen molar-refractivity contribution in [1.82, 2.24) is 44.1 Å². The van der Waals surface area contributed by atoms with E-state index in [-0.39, 0.29) is 53.9 Å². The number of rotatable bonds is 7. The number of carbonyl (C=O) groups excluding carboxylic acids is 6. The topological polar surface area (TPSA) is 166 Å². The van der Waals surface area contributed by atoms with Crippen molar-refractivity contribution in [2.45, 2.75) is 96.9 Å². The largest absolute Gasteiger partial charge is 0.341 e. The third kappa shape index (κ3) is 6.95. The summed E-state index contributed by atoms with van der Waals surface area (Å²) < 4.78 is 34.2. The summed E-state index contributed by atoms with van der Waals surface area (Å²) in [5, 5.41) is 7.51. The van der Waals surface area contributed by atoms with Crippen LogP contribution < -0.4 is 10.2 Å². The Morgan fingerprint density at radius 2 is 1.55 bits per heavy atom. The van der Waals surface area contributed by atoms with E-state index in [1.807, 2.05) is 50.6 Å². The number of hydrogen-bond acceptors (Lipinski definition) is 10. The number of piperidine rings is 2. The van der Waals surface area contributed by atoms with Crippen molar-refractivity contribution in [1.29, 1.82) is 0 Å². The van der Waals surface area contributed by atoms with Gasteiger partial charge in [-0.15, -0.1) is 0 Å². The molecule has 6 amide bonds. The Hall–Kier alpha value is -6.82. The van der Waals surface area contributed by atoms with Crippen LogP contribution in [0.25, 0.3) is 16.8 Å². The number of alkyl halides is 2. The van der Waals surface area contributed by atoms with E-state index in [2.05, 4.69) is 19.9 Å². The lowest BCUT2D eigenvalue weighted by atomic mass is 9.90. The van der Waals surface area contributed by atoms with Gasteiger partial charge in [0.1, 0.15) is 11.7 Å². The van der Waals surface area contributed by atoms with E-state index < -0.39 is 36.1 Å². The van der Waals surface area contributed by atoms with E-state index in [0.717, 1.165) is 56.8 Å². The maximum absolute atomic E-state index is 15.1. The number of carbonyl (C=O) groups is 6. The third-order valence-electron chi connectivity index (χ3n) is 14.5. The van der Waals surface area contributed by atoms with Crippen molar-refractivity contribution in [2.24, 2.45) is 0 Å². The van der Waals surface area contributed by atoms with Crippen LogP contribution >= 0.6 is 0 Å². The number of anilines is 2. The number of nitrogens with one attached hydrogen (secondary N) is 1. The van der Waals surface area contributed by atoms with Gasteiger partial charge in [0.05, 0.1) is 30.3 Å². The van der Waals surface area contributed by atoms with E-state index in [4.69, 9.17) is 5.10 Å². The maximum atomic E-state index is 15.1. The van der Waals surface area contributed by atoms with Crippen LogP contribution in [0.2, 0.25) is 0 Å². The van der Waals surface area contributed by atoms with Crippen molar-refractivity contribution in [2.75, 3.05) is 37.6 Å². The highest BCUT2D eigenvalue weighted by atomic mass is 19.3. The zero-order valence-electron chi connectivity index (χ0n) is 36.7. The molecule has 11 rings (SSSR count). The zero-order chi connectivity index (χ0) is 45.7. The molecular weight excluding hydrogens is 851 g/mol. The summed E-state index contributed by atoms with van der Waals surface area (Å²) in [7, 11) is 0. The first kappa shape index (κ1) is 41.9. The van der Waals surface area contributed by atoms with Crippen LogP contribution in [0.5, 0.6) is 0 Å². The maximum Gasteiger partial charge on any atom is 0.264 e. The van der Waals surface area contributed by atoms with Crippen molar-refractivity contribution in [3.8, 4) is 11.1 Å². The number of benzene rings is 2. The van der Waals surface area contributed by atoms with Gasteiger partial charge in [0, 0.05) is 100 Å². The quantitative estimate of drug-likeness (QED) is 0.220. The van der Waals surface area contributed by atoms with E-state index >= 15 is 8.78 Å². The number of halogens is 2. The second-order valence-electron chi connectivity index (χ2n) is 18.4. The lowest BCUT2D eigenvalue weighted by molar-refractivity contribution is -0.136. The van der Waals surface area contributed by atoms with Gasteiger partial charge in [-0.25, -0.2) is 13.8 Å². The molecule has 1 unspecified atom stereocenters. The van der Waals surface area contributed by atoms with Gasteiger partial charge in [-0.05, 0) is 103 Å². The Bertz CT molecular complexity index is 2890. The monoisotopic (exact) mass is 898 g/mol. The second kappa shape index (κ2) is 16.0. The minimum atomic E-state index is -2.73. The van der Waals surface area contributed by atoms with Crippen molar-refractivity contribution < 1.29 is 37.5 Å². The minimum absolute atomic E-state index is 0.0162. The first-order valence-electron chi connectivity index (χ1n) is 22.7. The molecule has 6 aliphatic rings. The number of aryl methyl sites for hydroxylation is 2. The number of imide groups is 2. The molecule has 0 spiro atoms. The summed E-state index contributed by atoms with van der Waals surface area (Å²) in [4.78, 5) is 90.7. The highest BCUT2D eigenvalue weighted by Gasteiger charge is 2.46. The number of amides is 6. The SMILES string of the molecule is CC(=O)N1CCc2c(c(N3CCCc4cc(-c5cc6nccn6cc5C)c(C(F)F)cc43)nn2C2CCN(C(=O)CN3Cc4cc5c(cc4C3)C(=O)N(C3CCC(=O)NC3=O)C5=O)CC2)C1. The van der Waals surface area contributed by atoms with Crippen molar-refractivity contribution in [3.05, 3.63) is 99.1 Å². The predicted molar refractivity (Wildman–Crippen MR) is 235 cm³/mol. The van der Waals surface area contributed by atoms with Gasteiger partial charge >= 0.3 is 0 Å². The standard InChI is InChI=1S/C48H48F2N10O6/c1-26-21-57-15-10-51-41(57)20-32(26)33-16-28-4-3-11-58(40(28)19-34(33)44(49)50)45-37-24-56(27(2)61)14-9-38(37)60(53-45)31-7-12-55(13-8-31)43(63)25-54-22-29-17-35-36(18-30(29)23-54)48(66)59(47(35)65)39-5-6-42(62)52-46(39)64/h10,15-21,31,39,44H,3-9,11-14,22-25H2,1-2H3,(H,52,62,64). The number of aromatic nitrogens is 4. The summed E-state index contributed by atoms with van der Waals surface area (Å²) in [6.45, 7) is 7.00. The fraction of sp³-hybridized carbons (Fsp3) is 0.417. The van der Waals surface area contributed by atoms with Gasteiger partial charge < -0.3 is 19.1 Å². The Labute approximate surface area is 378 Å². The molecule has 1 atom stereocenters. The number of pyridine rings is 1. The first-order valence-corrected chi connectivity index (χ1v) is 22.7. The second-order valence-corrected chi connectivity index (χ2v) is 18.4. The summed E-state index contributed by atoms with van der Waals surface area (Å²) in [5.74, 6) is -1.58. The normalized spacial score (nSPS) is 20.0. The van der Waals surface area contributed by atoms with Gasteiger partial charge in [-0.3, -0.25) is 48.6 Å². The van der Waals surface area contributed by atoms with E-state index in [9.17, 15) is 28.8 Å². The van der Waals surface area contributed by atoms with Gasteiger partial charge in [0.15, 0.2) is 5.82 Å². The lowest BCUT2D eigenvalue weighted by Gasteiger charge is -2.34. The molecule has 0 saturated carbocycles. The highest BCUT2D eigenvalue weighted by Crippen LogP contribution is 2.45. The summed E-state index contributed by atoms with van der Waals surface area (Å²) >= 11 is 0. The molecule has 6 aliphatic heterocycles. The van der Waals surface area contributed by atoms with Crippen LogP contribution in [0.3, 0.4) is 0 Å². The Morgan fingerprint density at radius 3 is 2.24 bits per heavy atom. The summed E-state index contributed by atoms with van der Waals surface area (Å²) in [5.41, 5.74) is 8.48. The van der Waals surface area contributed by atoms with Gasteiger partial charge in [0.2, 0.25) is 23.6 Å². The van der Waals surface area contributed by atoms with Crippen LogP contribution in [0.1, 0.15) is 111 Å². The van der Waals surface area contributed by atoms with Crippen LogP contribution in [0.15, 0.2) is 48.9 Å². The van der Waals surface area contributed by atoms with Crippen LogP contribution in [0.4, 0.5) is 20.3 Å². The molecule has 340 valence electrons. The van der Waals surface area contributed by atoms with Crippen LogP contribution in [-0.2, 0) is 51.7 Å². The smallest absolute Gasteiger partial charge is 0.264 e. The molecule has 2 saturated heterocycles. The highest BCUT2D eigenvalue weighted by molar-refractivity contribution is 6.23. The van der Waals surface area contributed by atoms with Crippen LogP contribution in [-0.4, -0.2) is 113 Å². The molecule has 3 aromatic heterocycles. The van der Waals surface area contributed by atoms with Gasteiger partial charge in [-0.2, -0.15) is 5.10 Å². The summed E-state index contributed by atoms with van der Waals surface area (Å²) in [6.07, 6.45) is 6.27. The van der Waals surface area contributed by atoms with E-state index in [1.165, 1.54) is 0 Å². The molecule has 2 fully saturated rings. The van der Waals surface area contributed by atoms with E-state index in [1.54, 1.807) is 31.3 Å². The van der Waals surface area contributed by atoms with Crippen molar-refractivity contribution >= 4 is 52.6 Å². The molecule has 0 radical (unpaired) electrons. The molecule has 0 bridgehead atoms. The third-order valence-corrected chi connectivity index (χ3v) is 14.5. The minimum Gasteiger partial charge on any atom is -0.341 e. The molecule has 66 heavy (non-hydrogen) atoms. The molecule has 18 heteroatoms. The van der Waals surface area contributed by atoms with Crippen LogP contribution in [0, 0.1) is 6.92 Å². The Kier molecular flexibility index (Phi) is 10.1. The number of fused-ring (bicyclic) bond motifs is 5. The fourth-order valence-corrected chi connectivity index (χ4v) is 11.1. The molecular formula is C48H48F2N10O6. The molecule has 1 N–H and O–H groups in total. The van der Waals surface area contributed by atoms with Gasteiger partial charge in [-0.1, -0.05) is 0 Å². The molecule has 16 nitrogen and oxygen atoms in total. The number of imidazole rings is 1. The fourth-order valence-electron chi connectivity index (χ4n) is 11.1. The molecule has 9 heterocycles. The molecule has 2 aromatic carbocycles. The molecule has 0 aliphatic carbocycles. The lowest BCUT2D eigenvalue weighted by Crippen LogP contribution is -2.54. The Balaban J connectivity index is 0.802. The average Bonchev–Trinajstić information content (AvgIpc) is 4.08. The van der Waals surface area contributed by atoms with Gasteiger partial charge in [0.25, 0.3) is 18.2 Å². The average molecular weight is 899 g/mol. The number of hydrogen-bond donors (Lipinski definition) is 1. The number of likely N-dealkylation sites (tertiary alicyclic amines) is 1. The zero-order valence-corrected chi connectivity index (χ0v) is 36.7. The Morgan fingerprint density at radius 1 is 0.818 bits per heavy atom. The molecule has 5 aromatic rings. The van der Waals surface area contributed by atoms with E-state index in [0.29, 0.717) is 87.8 Å². The first-order chi connectivity index (χ1) is 31.8. The number of nitrogens with zero attached hydrogens (tertiary/aromatic N) is 9. The predicted octanol–water partition coefficient (Wildman–Crippen LogP) is 5.01. The summed E-state index contributed by atoms with van der Waals surface area (Å²) in [6, 6.07) is 7.75.